The van der Waals surface area contributed by atoms with E-state index in [-0.39, 0.29) is 11.9 Å². The van der Waals surface area contributed by atoms with Crippen LogP contribution in [0.5, 0.6) is 11.5 Å². The number of aliphatic imine (C=N–C) groups is 1. The first-order valence-electron chi connectivity index (χ1n) is 11.6. The lowest BCUT2D eigenvalue weighted by Gasteiger charge is -2.32. The first-order chi connectivity index (χ1) is 16.4. The van der Waals surface area contributed by atoms with E-state index in [0.29, 0.717) is 42.3 Å². The molecule has 0 saturated carbocycles. The standard InChI is InChI=1S/C26H34N4O4/c1-5-30-11-7-6-9-21(30)16-27-23-15-25(24(33-4)13-19(23)2)34-12-8-10-26(32)28-20-14-22(18-31)29(3)17-20/h5,13-18,21H,1,6-12H2,2-4H3,(H,28,32)/b27-16-/t21-/m0/s1. The number of hydrogen-bond acceptors (Lipinski definition) is 6. The number of amides is 1. The van der Waals surface area contributed by atoms with Gasteiger partial charge in [-0.25, -0.2) is 0 Å². The molecule has 1 atom stereocenters. The van der Waals surface area contributed by atoms with E-state index < -0.39 is 0 Å². The van der Waals surface area contributed by atoms with Gasteiger partial charge in [-0.1, -0.05) is 6.58 Å². The van der Waals surface area contributed by atoms with E-state index in [0.717, 1.165) is 30.5 Å². The highest BCUT2D eigenvalue weighted by Crippen LogP contribution is 2.35. The SMILES string of the molecule is C=CN1CCCC[C@H]1/C=N\c1cc(OCCCC(=O)Nc2cc(C=O)n(C)c2)c(OC)cc1C. The number of aldehydes is 1. The number of nitrogens with zero attached hydrogens (tertiary/aromatic N) is 3. The molecule has 1 aliphatic rings. The lowest BCUT2D eigenvalue weighted by Crippen LogP contribution is -2.36. The number of carbonyl (C=O) groups is 2. The van der Waals surface area contributed by atoms with E-state index in [1.807, 2.05) is 31.5 Å². The van der Waals surface area contributed by atoms with Crippen LogP contribution >= 0.6 is 0 Å². The average molecular weight is 467 g/mol. The van der Waals surface area contributed by atoms with Crippen LogP contribution in [0.2, 0.25) is 0 Å². The summed E-state index contributed by atoms with van der Waals surface area (Å²) < 4.78 is 13.1. The molecule has 8 heteroatoms. The second kappa shape index (κ2) is 12.1. The Balaban J connectivity index is 1.57. The maximum absolute atomic E-state index is 12.2. The van der Waals surface area contributed by atoms with Gasteiger partial charge >= 0.3 is 0 Å². The first-order valence-corrected chi connectivity index (χ1v) is 11.6. The number of carbonyl (C=O) groups excluding carboxylic acids is 2. The van der Waals surface area contributed by atoms with E-state index >= 15 is 0 Å². The summed E-state index contributed by atoms with van der Waals surface area (Å²) in [6.07, 6.45) is 10.6. The number of methoxy groups -OCH3 is 1. The summed E-state index contributed by atoms with van der Waals surface area (Å²) in [7, 11) is 3.36. The van der Waals surface area contributed by atoms with Crippen LogP contribution in [0.25, 0.3) is 0 Å². The molecule has 1 saturated heterocycles. The molecule has 34 heavy (non-hydrogen) atoms. The normalized spacial score (nSPS) is 15.9. The number of likely N-dealkylation sites (tertiary alicyclic amines) is 1. The van der Waals surface area contributed by atoms with Crippen molar-refractivity contribution in [1.29, 1.82) is 0 Å². The van der Waals surface area contributed by atoms with Crippen LogP contribution in [0.4, 0.5) is 11.4 Å². The van der Waals surface area contributed by atoms with E-state index in [9.17, 15) is 9.59 Å². The number of ether oxygens (including phenoxy) is 2. The Morgan fingerprint density at radius 1 is 1.29 bits per heavy atom. The molecule has 0 radical (unpaired) electrons. The van der Waals surface area contributed by atoms with Gasteiger partial charge in [-0.3, -0.25) is 14.6 Å². The minimum atomic E-state index is -0.132. The Morgan fingerprint density at radius 2 is 2.12 bits per heavy atom. The molecule has 8 nitrogen and oxygen atoms in total. The second-order valence-corrected chi connectivity index (χ2v) is 8.43. The largest absolute Gasteiger partial charge is 0.493 e. The summed E-state index contributed by atoms with van der Waals surface area (Å²) in [5.41, 5.74) is 2.94. The summed E-state index contributed by atoms with van der Waals surface area (Å²) in [5.74, 6) is 1.10. The molecule has 1 N–H and O–H groups in total. The summed E-state index contributed by atoms with van der Waals surface area (Å²) in [6.45, 7) is 7.27. The quantitative estimate of drug-likeness (QED) is 0.296. The van der Waals surface area contributed by atoms with Crippen molar-refractivity contribution in [3.8, 4) is 11.5 Å². The highest BCUT2D eigenvalue weighted by atomic mass is 16.5. The van der Waals surface area contributed by atoms with E-state index in [4.69, 9.17) is 14.5 Å². The predicted molar refractivity (Wildman–Crippen MR) is 135 cm³/mol. The van der Waals surface area contributed by atoms with Crippen molar-refractivity contribution in [3.05, 3.63) is 48.4 Å². The van der Waals surface area contributed by atoms with Crippen LogP contribution in [0.15, 0.2) is 42.2 Å². The molecule has 1 aromatic carbocycles. The highest BCUT2D eigenvalue weighted by molar-refractivity contribution is 5.91. The molecule has 0 aliphatic carbocycles. The van der Waals surface area contributed by atoms with Gasteiger partial charge < -0.3 is 24.3 Å². The molecule has 1 amide bonds. The van der Waals surface area contributed by atoms with Crippen LogP contribution in [0, 0.1) is 6.92 Å². The average Bonchev–Trinajstić information content (AvgIpc) is 3.20. The second-order valence-electron chi connectivity index (χ2n) is 8.43. The lowest BCUT2D eigenvalue weighted by molar-refractivity contribution is -0.116. The van der Waals surface area contributed by atoms with Crippen LogP contribution in [0.1, 0.15) is 48.2 Å². The van der Waals surface area contributed by atoms with Crippen LogP contribution in [0.3, 0.4) is 0 Å². The third-order valence-electron chi connectivity index (χ3n) is 5.95. The van der Waals surface area contributed by atoms with Crippen molar-refractivity contribution < 1.29 is 19.1 Å². The molecule has 0 bridgehead atoms. The van der Waals surface area contributed by atoms with Gasteiger partial charge in [0.15, 0.2) is 17.8 Å². The third-order valence-corrected chi connectivity index (χ3v) is 5.95. The maximum atomic E-state index is 12.2. The number of nitrogens with one attached hydrogen (secondary N) is 1. The molecular weight excluding hydrogens is 432 g/mol. The molecule has 2 heterocycles. The van der Waals surface area contributed by atoms with E-state index in [1.54, 1.807) is 31.0 Å². The molecular formula is C26H34N4O4. The van der Waals surface area contributed by atoms with Crippen LogP contribution in [-0.4, -0.2) is 54.2 Å². The van der Waals surface area contributed by atoms with E-state index in [2.05, 4.69) is 16.8 Å². The van der Waals surface area contributed by atoms with Crippen LogP contribution < -0.4 is 14.8 Å². The number of aryl methyl sites for hydroxylation is 2. The van der Waals surface area contributed by atoms with Crippen molar-refractivity contribution in [2.75, 3.05) is 25.6 Å². The van der Waals surface area contributed by atoms with Gasteiger partial charge in [-0.15, -0.1) is 0 Å². The molecule has 1 aromatic heterocycles. The van der Waals surface area contributed by atoms with Crippen molar-refractivity contribution >= 4 is 29.8 Å². The Bertz CT molecular complexity index is 1040. The summed E-state index contributed by atoms with van der Waals surface area (Å²) in [4.78, 5) is 30.1. The topological polar surface area (TPSA) is 85.2 Å². The zero-order valence-electron chi connectivity index (χ0n) is 20.3. The number of benzene rings is 1. The van der Waals surface area contributed by atoms with Crippen molar-refractivity contribution in [2.45, 2.75) is 45.1 Å². The van der Waals surface area contributed by atoms with Crippen molar-refractivity contribution in [1.82, 2.24) is 9.47 Å². The molecule has 0 unspecified atom stereocenters. The number of hydrogen-bond donors (Lipinski definition) is 1. The van der Waals surface area contributed by atoms with Gasteiger partial charge in [0.1, 0.15) is 0 Å². The lowest BCUT2D eigenvalue weighted by atomic mass is 10.0. The Kier molecular flexibility index (Phi) is 8.90. The highest BCUT2D eigenvalue weighted by Gasteiger charge is 2.17. The van der Waals surface area contributed by atoms with Gasteiger partial charge in [0, 0.05) is 38.5 Å². The van der Waals surface area contributed by atoms with Crippen molar-refractivity contribution in [2.24, 2.45) is 12.0 Å². The Hall–Kier alpha value is -3.55. The summed E-state index contributed by atoms with van der Waals surface area (Å²) in [6, 6.07) is 5.70. The minimum absolute atomic E-state index is 0.132. The minimum Gasteiger partial charge on any atom is -0.493 e. The smallest absolute Gasteiger partial charge is 0.224 e. The summed E-state index contributed by atoms with van der Waals surface area (Å²) in [5, 5.41) is 2.80. The first kappa shape index (κ1) is 25.1. The Morgan fingerprint density at radius 3 is 2.82 bits per heavy atom. The predicted octanol–water partition coefficient (Wildman–Crippen LogP) is 4.65. The fourth-order valence-electron chi connectivity index (χ4n) is 4.00. The van der Waals surface area contributed by atoms with Gasteiger partial charge in [0.05, 0.1) is 36.8 Å². The molecule has 0 spiro atoms. The van der Waals surface area contributed by atoms with Crippen LogP contribution in [-0.2, 0) is 11.8 Å². The molecule has 182 valence electrons. The van der Waals surface area contributed by atoms with Gasteiger partial charge in [-0.05, 0) is 56.5 Å². The van der Waals surface area contributed by atoms with Gasteiger partial charge in [0.2, 0.25) is 5.91 Å². The molecule has 1 fully saturated rings. The molecule has 2 aromatic rings. The zero-order chi connectivity index (χ0) is 24.5. The number of anilines is 1. The zero-order valence-corrected chi connectivity index (χ0v) is 20.3. The van der Waals surface area contributed by atoms with Gasteiger partial charge in [0.25, 0.3) is 0 Å². The fourth-order valence-corrected chi connectivity index (χ4v) is 4.00. The van der Waals surface area contributed by atoms with Crippen molar-refractivity contribution in [3.63, 3.8) is 0 Å². The number of piperidine rings is 1. The van der Waals surface area contributed by atoms with Gasteiger partial charge in [-0.2, -0.15) is 0 Å². The number of aromatic nitrogens is 1. The Labute approximate surface area is 201 Å². The number of rotatable bonds is 11. The maximum Gasteiger partial charge on any atom is 0.224 e. The summed E-state index contributed by atoms with van der Waals surface area (Å²) >= 11 is 0. The third kappa shape index (κ3) is 6.50. The monoisotopic (exact) mass is 466 g/mol. The molecule has 3 rings (SSSR count). The molecule has 1 aliphatic heterocycles. The van der Waals surface area contributed by atoms with E-state index in [1.165, 1.54) is 12.8 Å². The fraction of sp³-hybridized carbons (Fsp3) is 0.423.